The lowest BCUT2D eigenvalue weighted by Crippen LogP contribution is -2.51. The highest BCUT2D eigenvalue weighted by Crippen LogP contribution is 2.06. The van der Waals surface area contributed by atoms with Crippen molar-refractivity contribution in [1.82, 2.24) is 16.2 Å². The van der Waals surface area contributed by atoms with Crippen LogP contribution in [0.3, 0.4) is 0 Å². The van der Waals surface area contributed by atoms with E-state index in [0.29, 0.717) is 5.76 Å². The molecule has 1 heterocycles. The number of hydrazone groups is 1. The first-order valence-corrected chi connectivity index (χ1v) is 7.82. The molecule has 5 N–H and O–H groups in total. The molecule has 0 aliphatic rings. The second-order valence-corrected chi connectivity index (χ2v) is 5.46. The molecule has 1 aromatic heterocycles. The summed E-state index contributed by atoms with van der Waals surface area (Å²) in [5, 5.41) is 24.2. The first-order chi connectivity index (χ1) is 12.9. The van der Waals surface area contributed by atoms with Gasteiger partial charge in [-0.15, -0.1) is 0 Å². The highest BCUT2D eigenvalue weighted by molar-refractivity contribution is 5.99. The number of aliphatic hydroxyl groups excluding tert-OH is 1. The van der Waals surface area contributed by atoms with E-state index in [2.05, 4.69) is 15.8 Å². The minimum atomic E-state index is -1.33. The largest absolute Gasteiger partial charge is 0.463 e. The molecule has 0 unspecified atom stereocenters. The van der Waals surface area contributed by atoms with Crippen molar-refractivity contribution in [2.45, 2.75) is 19.1 Å². The average Bonchev–Trinajstić information content (AvgIpc) is 3.18. The maximum absolute atomic E-state index is 12.1. The van der Waals surface area contributed by atoms with Gasteiger partial charge in [0.05, 0.1) is 18.6 Å². The number of aliphatic hydroxyl groups is 1. The zero-order valence-corrected chi connectivity index (χ0v) is 14.2. The van der Waals surface area contributed by atoms with Crippen molar-refractivity contribution in [1.29, 1.82) is 0 Å². The van der Waals surface area contributed by atoms with Crippen LogP contribution in [0.2, 0.25) is 0 Å². The Morgan fingerprint density at radius 2 is 1.74 bits per heavy atom. The molecule has 0 saturated carbocycles. The molecular formula is C17H18N4O6. The maximum Gasteiger partial charge on any atom is 0.271 e. The number of amides is 3. The normalized spacial score (nSPS) is 13.0. The Hall–Kier alpha value is -3.50. The molecule has 0 saturated heterocycles. The Kier molecular flexibility index (Phi) is 6.80. The van der Waals surface area contributed by atoms with E-state index in [0.717, 1.165) is 0 Å². The second-order valence-electron chi connectivity index (χ2n) is 5.46. The highest BCUT2D eigenvalue weighted by Gasteiger charge is 2.25. The molecule has 10 heteroatoms. The minimum Gasteiger partial charge on any atom is -0.463 e. The summed E-state index contributed by atoms with van der Waals surface area (Å²) in [6.07, 6.45) is 1.58. The third kappa shape index (κ3) is 5.49. The molecular weight excluding hydrogens is 356 g/mol. The van der Waals surface area contributed by atoms with Gasteiger partial charge in [-0.25, -0.2) is 10.9 Å². The predicted octanol–water partition coefficient (Wildman–Crippen LogP) is 0.0281. The van der Waals surface area contributed by atoms with E-state index in [9.17, 15) is 19.5 Å². The van der Waals surface area contributed by atoms with Crippen molar-refractivity contribution in [3.8, 4) is 0 Å². The van der Waals surface area contributed by atoms with Crippen LogP contribution in [0.15, 0.2) is 52.2 Å². The Morgan fingerprint density at radius 1 is 1.11 bits per heavy atom. The van der Waals surface area contributed by atoms with E-state index in [1.807, 2.05) is 0 Å². The van der Waals surface area contributed by atoms with Crippen molar-refractivity contribution in [2.24, 2.45) is 5.10 Å². The molecule has 2 aromatic rings. The summed E-state index contributed by atoms with van der Waals surface area (Å²) < 4.78 is 5.03. The minimum absolute atomic E-state index is 0.155. The fourth-order valence-electron chi connectivity index (χ4n) is 2.06. The third-order valence-electron chi connectivity index (χ3n) is 3.47. The molecule has 3 amide bonds. The van der Waals surface area contributed by atoms with Crippen LogP contribution in [-0.4, -0.2) is 46.4 Å². The van der Waals surface area contributed by atoms with Crippen molar-refractivity contribution in [3.05, 3.63) is 59.5 Å². The van der Waals surface area contributed by atoms with Gasteiger partial charge in [0, 0.05) is 11.1 Å². The molecule has 0 aliphatic carbocycles. The topological polar surface area (TPSA) is 153 Å². The summed E-state index contributed by atoms with van der Waals surface area (Å²) in [6.45, 7) is 1.29. The van der Waals surface area contributed by atoms with E-state index in [-0.39, 0.29) is 11.1 Å². The number of rotatable bonds is 7. The molecule has 0 bridgehead atoms. The van der Waals surface area contributed by atoms with E-state index >= 15 is 0 Å². The van der Waals surface area contributed by atoms with Crippen LogP contribution in [0.4, 0.5) is 0 Å². The van der Waals surface area contributed by atoms with Gasteiger partial charge in [-0.05, 0) is 43.3 Å². The quantitative estimate of drug-likeness (QED) is 0.262. The summed E-state index contributed by atoms with van der Waals surface area (Å²) >= 11 is 0. The van der Waals surface area contributed by atoms with Crippen LogP contribution < -0.4 is 16.2 Å². The van der Waals surface area contributed by atoms with Gasteiger partial charge in [0.15, 0.2) is 0 Å². The maximum atomic E-state index is 12.1. The molecule has 10 nitrogen and oxygen atoms in total. The summed E-state index contributed by atoms with van der Waals surface area (Å²) in [7, 11) is 0. The number of carbonyl (C=O) groups is 3. The first-order valence-electron chi connectivity index (χ1n) is 7.82. The Balaban J connectivity index is 1.98. The molecule has 0 fully saturated rings. The first kappa shape index (κ1) is 19.8. The lowest BCUT2D eigenvalue weighted by molar-refractivity contribution is -0.133. The molecule has 0 aliphatic heterocycles. The second kappa shape index (κ2) is 9.27. The summed E-state index contributed by atoms with van der Waals surface area (Å²) in [5.41, 5.74) is 4.09. The lowest BCUT2D eigenvalue weighted by atomic mass is 10.1. The van der Waals surface area contributed by atoms with Crippen molar-refractivity contribution < 1.29 is 29.1 Å². The Bertz CT molecular complexity index is 814. The van der Waals surface area contributed by atoms with Crippen LogP contribution in [0.25, 0.3) is 0 Å². The zero-order valence-electron chi connectivity index (χ0n) is 14.2. The van der Waals surface area contributed by atoms with Gasteiger partial charge in [-0.1, -0.05) is 0 Å². The van der Waals surface area contributed by atoms with Gasteiger partial charge in [-0.3, -0.25) is 19.6 Å². The molecule has 2 atom stereocenters. The summed E-state index contributed by atoms with van der Waals surface area (Å²) in [4.78, 5) is 35.6. The number of nitrogens with one attached hydrogen (secondary N) is 3. The number of hydrogen-bond acceptors (Lipinski definition) is 7. The monoisotopic (exact) mass is 374 g/mol. The third-order valence-corrected chi connectivity index (χ3v) is 3.47. The zero-order chi connectivity index (χ0) is 19.8. The Morgan fingerprint density at radius 3 is 2.26 bits per heavy atom. The van der Waals surface area contributed by atoms with Crippen LogP contribution in [0.5, 0.6) is 0 Å². The predicted molar refractivity (Wildman–Crippen MR) is 93.1 cm³/mol. The fraction of sp³-hybridized carbons (Fsp3) is 0.176. The average molecular weight is 374 g/mol. The van der Waals surface area contributed by atoms with Gasteiger partial charge < -0.3 is 14.8 Å². The van der Waals surface area contributed by atoms with Crippen molar-refractivity contribution >= 4 is 23.9 Å². The molecule has 27 heavy (non-hydrogen) atoms. The number of carbonyl (C=O) groups excluding carboxylic acids is 3. The van der Waals surface area contributed by atoms with Gasteiger partial charge >= 0.3 is 0 Å². The van der Waals surface area contributed by atoms with Gasteiger partial charge in [0.1, 0.15) is 11.8 Å². The standard InChI is InChI=1S/C17H18N4O6/c1-10(22)14(17(25)21-26)19-15(23)11-4-6-12(7-5-11)16(24)20-18-9-13-3-2-8-27-13/h2-10,14,22,26H,1H3,(H,19,23)(H,20,24)(H,21,25)/b18-9+/t10-,14+/m1/s1. The summed E-state index contributed by atoms with van der Waals surface area (Å²) in [6, 6.07) is 7.56. The number of furan rings is 1. The fourth-order valence-corrected chi connectivity index (χ4v) is 2.06. The summed E-state index contributed by atoms with van der Waals surface area (Å²) in [5.74, 6) is -1.63. The molecule has 142 valence electrons. The number of hydrogen-bond donors (Lipinski definition) is 5. The van der Waals surface area contributed by atoms with Crippen LogP contribution >= 0.6 is 0 Å². The molecule has 0 radical (unpaired) electrons. The number of nitrogens with zero attached hydrogens (tertiary/aromatic N) is 1. The van der Waals surface area contributed by atoms with Gasteiger partial charge in [0.2, 0.25) is 0 Å². The molecule has 0 spiro atoms. The number of benzene rings is 1. The van der Waals surface area contributed by atoms with E-state index in [1.54, 1.807) is 12.1 Å². The highest BCUT2D eigenvalue weighted by atomic mass is 16.5. The van der Waals surface area contributed by atoms with Crippen LogP contribution in [0, 0.1) is 0 Å². The van der Waals surface area contributed by atoms with Crippen molar-refractivity contribution in [2.75, 3.05) is 0 Å². The lowest BCUT2D eigenvalue weighted by Gasteiger charge is -2.19. The smallest absolute Gasteiger partial charge is 0.271 e. The molecule has 2 rings (SSSR count). The van der Waals surface area contributed by atoms with Crippen molar-refractivity contribution in [3.63, 3.8) is 0 Å². The van der Waals surface area contributed by atoms with Gasteiger partial charge in [-0.2, -0.15) is 5.10 Å². The van der Waals surface area contributed by atoms with Crippen LogP contribution in [-0.2, 0) is 4.79 Å². The van der Waals surface area contributed by atoms with Gasteiger partial charge in [0.25, 0.3) is 17.7 Å². The molecule has 1 aromatic carbocycles. The SMILES string of the molecule is C[C@@H](O)[C@H](NC(=O)c1ccc(C(=O)N/N=C/c2ccco2)cc1)C(=O)NO. The Labute approximate surface area is 153 Å². The van der Waals surface area contributed by atoms with Crippen LogP contribution in [0.1, 0.15) is 33.4 Å². The van der Waals surface area contributed by atoms with E-state index < -0.39 is 29.9 Å². The van der Waals surface area contributed by atoms with E-state index in [4.69, 9.17) is 9.62 Å². The number of hydroxylamine groups is 1. The van der Waals surface area contributed by atoms with E-state index in [1.165, 1.54) is 49.1 Å².